The van der Waals surface area contributed by atoms with E-state index in [9.17, 15) is 9.90 Å². The first-order valence-electron chi connectivity index (χ1n) is 5.77. The molecule has 2 fully saturated rings. The van der Waals surface area contributed by atoms with Crippen LogP contribution in [0.4, 0.5) is 5.13 Å². The highest BCUT2D eigenvalue weighted by Gasteiger charge is 2.48. The number of fused-ring (bicyclic) bond motifs is 1. The molecule has 17 heavy (non-hydrogen) atoms. The van der Waals surface area contributed by atoms with E-state index in [0.717, 1.165) is 29.1 Å². The lowest BCUT2D eigenvalue weighted by molar-refractivity contribution is -0.139. The van der Waals surface area contributed by atoms with Gasteiger partial charge >= 0.3 is 5.97 Å². The van der Waals surface area contributed by atoms with Crippen molar-refractivity contribution in [1.82, 2.24) is 4.98 Å². The summed E-state index contributed by atoms with van der Waals surface area (Å²) in [5.41, 5.74) is 0. The van der Waals surface area contributed by atoms with Gasteiger partial charge in [-0.2, -0.15) is 0 Å². The van der Waals surface area contributed by atoms with Crippen molar-refractivity contribution in [2.45, 2.75) is 25.3 Å². The molecule has 0 spiro atoms. The maximum absolute atomic E-state index is 11.5. The molecular formula is C11H13BrN2O2S. The predicted molar refractivity (Wildman–Crippen MR) is 69.4 cm³/mol. The number of anilines is 1. The van der Waals surface area contributed by atoms with Crippen LogP contribution in [0.1, 0.15) is 19.3 Å². The molecule has 1 saturated carbocycles. The second-order valence-electron chi connectivity index (χ2n) is 4.74. The number of thiazole rings is 1. The largest absolute Gasteiger partial charge is 0.480 e. The van der Waals surface area contributed by atoms with Crippen molar-refractivity contribution < 1.29 is 9.90 Å². The summed E-state index contributed by atoms with van der Waals surface area (Å²) >= 11 is 4.83. The van der Waals surface area contributed by atoms with Gasteiger partial charge in [-0.05, 0) is 40.6 Å². The lowest BCUT2D eigenvalue weighted by Gasteiger charge is -2.23. The average molecular weight is 317 g/mol. The topological polar surface area (TPSA) is 53.4 Å². The van der Waals surface area contributed by atoms with Crippen LogP contribution < -0.4 is 4.90 Å². The number of rotatable bonds is 2. The molecule has 1 aliphatic carbocycles. The summed E-state index contributed by atoms with van der Waals surface area (Å²) in [5.74, 6) is 0.152. The number of nitrogens with zero attached hydrogens (tertiary/aromatic N) is 2. The first kappa shape index (κ1) is 11.5. The average Bonchev–Trinajstić information content (AvgIpc) is 2.88. The Kier molecular flexibility index (Phi) is 2.86. The Morgan fingerprint density at radius 3 is 3.06 bits per heavy atom. The molecule has 2 heterocycles. The van der Waals surface area contributed by atoms with Crippen molar-refractivity contribution in [3.8, 4) is 0 Å². The molecule has 1 saturated heterocycles. The zero-order valence-electron chi connectivity index (χ0n) is 9.17. The molecule has 3 atom stereocenters. The molecule has 6 heteroatoms. The van der Waals surface area contributed by atoms with E-state index >= 15 is 0 Å². The van der Waals surface area contributed by atoms with E-state index in [0.29, 0.717) is 11.8 Å². The fourth-order valence-corrected chi connectivity index (χ4v) is 4.49. The fourth-order valence-electron chi connectivity index (χ4n) is 3.20. The number of carbonyl (C=O) groups is 1. The number of halogens is 1. The Bertz CT molecular complexity index is 450. The van der Waals surface area contributed by atoms with Crippen molar-refractivity contribution in [3.05, 3.63) is 9.98 Å². The first-order valence-corrected chi connectivity index (χ1v) is 7.44. The van der Waals surface area contributed by atoms with Crippen LogP contribution in [0.15, 0.2) is 9.98 Å². The lowest BCUT2D eigenvalue weighted by atomic mass is 9.94. The Labute approximate surface area is 112 Å². The normalized spacial score (nSPS) is 31.8. The minimum Gasteiger partial charge on any atom is -0.480 e. The van der Waals surface area contributed by atoms with E-state index in [1.807, 2.05) is 10.3 Å². The molecule has 0 aromatic carbocycles. The first-order chi connectivity index (χ1) is 8.16. The van der Waals surface area contributed by atoms with Gasteiger partial charge in [-0.25, -0.2) is 9.78 Å². The third-order valence-electron chi connectivity index (χ3n) is 3.85. The zero-order valence-corrected chi connectivity index (χ0v) is 11.6. The van der Waals surface area contributed by atoms with Crippen LogP contribution in [0.5, 0.6) is 0 Å². The van der Waals surface area contributed by atoms with Crippen LogP contribution >= 0.6 is 27.3 Å². The summed E-state index contributed by atoms with van der Waals surface area (Å²) in [7, 11) is 0. The van der Waals surface area contributed by atoms with E-state index in [4.69, 9.17) is 0 Å². The van der Waals surface area contributed by atoms with Gasteiger partial charge in [0.2, 0.25) is 0 Å². The standard InChI is InChI=1S/C11H13BrN2O2S/c12-8-5-17-11(13-8)14-4-6-2-1-3-7(6)9(14)10(15)16/h5-7,9H,1-4H2,(H,15,16). The van der Waals surface area contributed by atoms with Crippen molar-refractivity contribution in [3.63, 3.8) is 0 Å². The van der Waals surface area contributed by atoms with Crippen LogP contribution in [0.25, 0.3) is 0 Å². The summed E-state index contributed by atoms with van der Waals surface area (Å²) in [4.78, 5) is 17.8. The van der Waals surface area contributed by atoms with Gasteiger partial charge in [0, 0.05) is 11.9 Å². The van der Waals surface area contributed by atoms with Crippen molar-refractivity contribution in [1.29, 1.82) is 0 Å². The maximum Gasteiger partial charge on any atom is 0.326 e. The maximum atomic E-state index is 11.5. The van der Waals surface area contributed by atoms with Gasteiger partial charge in [-0.15, -0.1) is 11.3 Å². The molecule has 1 aromatic heterocycles. The predicted octanol–water partition coefficient (Wildman–Crippen LogP) is 2.60. The van der Waals surface area contributed by atoms with E-state index in [-0.39, 0.29) is 6.04 Å². The number of carboxylic acids is 1. The molecule has 0 amide bonds. The molecule has 92 valence electrons. The van der Waals surface area contributed by atoms with E-state index in [1.54, 1.807) is 0 Å². The quantitative estimate of drug-likeness (QED) is 0.911. The number of hydrogen-bond donors (Lipinski definition) is 1. The summed E-state index contributed by atoms with van der Waals surface area (Å²) < 4.78 is 0.790. The van der Waals surface area contributed by atoms with E-state index in [2.05, 4.69) is 20.9 Å². The molecule has 3 rings (SSSR count). The zero-order chi connectivity index (χ0) is 12.0. The minimum absolute atomic E-state index is 0.315. The summed E-state index contributed by atoms with van der Waals surface area (Å²) in [5, 5.41) is 12.2. The third kappa shape index (κ3) is 1.87. The SMILES string of the molecule is O=C(O)C1C2CCCC2CN1c1nc(Br)cs1. The van der Waals surface area contributed by atoms with Crippen molar-refractivity contribution in [2.75, 3.05) is 11.4 Å². The van der Waals surface area contributed by atoms with Crippen LogP contribution in [0, 0.1) is 11.8 Å². The van der Waals surface area contributed by atoms with Gasteiger partial charge in [0.1, 0.15) is 10.6 Å². The van der Waals surface area contributed by atoms with Gasteiger partial charge in [0.25, 0.3) is 0 Å². The lowest BCUT2D eigenvalue weighted by Crippen LogP contribution is -2.39. The summed E-state index contributed by atoms with van der Waals surface area (Å²) in [6.45, 7) is 0.849. The van der Waals surface area contributed by atoms with Gasteiger partial charge in [-0.1, -0.05) is 6.42 Å². The summed E-state index contributed by atoms with van der Waals surface area (Å²) in [6.07, 6.45) is 3.39. The van der Waals surface area contributed by atoms with Gasteiger partial charge in [-0.3, -0.25) is 0 Å². The van der Waals surface area contributed by atoms with E-state index < -0.39 is 5.97 Å². The second kappa shape index (κ2) is 4.24. The molecule has 3 unspecified atom stereocenters. The van der Waals surface area contributed by atoms with Gasteiger partial charge in [0.05, 0.1) is 0 Å². The highest BCUT2D eigenvalue weighted by Crippen LogP contribution is 2.44. The molecule has 1 aromatic rings. The molecule has 0 bridgehead atoms. The molecule has 4 nitrogen and oxygen atoms in total. The number of aliphatic carboxylic acids is 1. The molecule has 0 radical (unpaired) electrons. The number of aromatic nitrogens is 1. The summed E-state index contributed by atoms with van der Waals surface area (Å²) in [6, 6.07) is -0.374. The Morgan fingerprint density at radius 1 is 1.59 bits per heavy atom. The molecule has 1 N–H and O–H groups in total. The van der Waals surface area contributed by atoms with Crippen LogP contribution in [-0.2, 0) is 4.79 Å². The fraction of sp³-hybridized carbons (Fsp3) is 0.636. The second-order valence-corrected chi connectivity index (χ2v) is 6.39. The van der Waals surface area contributed by atoms with Crippen molar-refractivity contribution in [2.24, 2.45) is 11.8 Å². The van der Waals surface area contributed by atoms with Crippen molar-refractivity contribution >= 4 is 38.4 Å². The number of carboxylic acid groups (broad SMARTS) is 1. The Hall–Kier alpha value is -0.620. The molecule has 1 aliphatic heterocycles. The Morgan fingerprint density at radius 2 is 2.41 bits per heavy atom. The van der Waals surface area contributed by atoms with Crippen LogP contribution in [-0.4, -0.2) is 28.6 Å². The highest BCUT2D eigenvalue weighted by molar-refractivity contribution is 9.10. The monoisotopic (exact) mass is 316 g/mol. The van der Waals surface area contributed by atoms with Crippen LogP contribution in [0.3, 0.4) is 0 Å². The Balaban J connectivity index is 1.91. The van der Waals surface area contributed by atoms with Gasteiger partial charge < -0.3 is 10.0 Å². The van der Waals surface area contributed by atoms with E-state index in [1.165, 1.54) is 17.8 Å². The molecular weight excluding hydrogens is 304 g/mol. The molecule has 2 aliphatic rings. The number of hydrogen-bond acceptors (Lipinski definition) is 4. The smallest absolute Gasteiger partial charge is 0.326 e. The minimum atomic E-state index is -0.703. The van der Waals surface area contributed by atoms with Gasteiger partial charge in [0.15, 0.2) is 5.13 Å². The third-order valence-corrected chi connectivity index (χ3v) is 5.44. The van der Waals surface area contributed by atoms with Crippen LogP contribution in [0.2, 0.25) is 0 Å². The highest BCUT2D eigenvalue weighted by atomic mass is 79.9.